The second-order valence-corrected chi connectivity index (χ2v) is 13.7. The lowest BCUT2D eigenvalue weighted by Gasteiger charge is -2.34. The Morgan fingerprint density at radius 1 is 1.06 bits per heavy atom. The number of fused-ring (bicyclic) bond motifs is 13. The molecule has 3 aliphatic heterocycles. The largest absolute Gasteiger partial charge is 0.489 e. The number of hydrogen-bond donors (Lipinski definition) is 4. The van der Waals surface area contributed by atoms with E-state index in [9.17, 15) is 23.1 Å². The molecule has 2 aromatic carbocycles. The predicted molar refractivity (Wildman–Crippen MR) is 175 cm³/mol. The van der Waals surface area contributed by atoms with Crippen LogP contribution in [-0.2, 0) is 35.6 Å². The third-order valence-electron chi connectivity index (χ3n) is 7.99. The lowest BCUT2D eigenvalue weighted by Crippen LogP contribution is -2.54. The van der Waals surface area contributed by atoms with Crippen molar-refractivity contribution in [3.8, 4) is 17.0 Å². The number of sulfonamides is 1. The summed E-state index contributed by atoms with van der Waals surface area (Å²) in [7, 11) is -4.28. The molecular weight excluding hydrogens is 644 g/mol. The van der Waals surface area contributed by atoms with Crippen LogP contribution in [0.15, 0.2) is 53.6 Å². The minimum Gasteiger partial charge on any atom is -0.489 e. The standard InChI is InChI=1S/C32H40N6O9S/c1-32(2,31(40)41)38-10-11-44-12-13-45-14-15-47-28-23(17-34-16-21-19-46-20-21)4-3-5-25(28)37-30(39)27-29(33)35-18-26(36-27)22-6-8-24(9-7-22)48(38,42)43/h3-9,18,21,34H,10-17,19-20H2,1-2H3,(H2,33,35)(H,37,39)(H,40,41). The second-order valence-electron chi connectivity index (χ2n) is 11.8. The van der Waals surface area contributed by atoms with Crippen molar-refractivity contribution >= 4 is 33.4 Å². The Kier molecular flexibility index (Phi) is 11.2. The molecule has 15 nitrogen and oxygen atoms in total. The number of carbonyl (C=O) groups excluding carboxylic acids is 1. The highest BCUT2D eigenvalue weighted by Gasteiger charge is 2.42. The summed E-state index contributed by atoms with van der Waals surface area (Å²) >= 11 is 0. The van der Waals surface area contributed by atoms with Gasteiger partial charge in [0.05, 0.1) is 62.1 Å². The first-order valence-electron chi connectivity index (χ1n) is 15.5. The van der Waals surface area contributed by atoms with E-state index in [1.165, 1.54) is 44.3 Å². The molecule has 3 aliphatic rings. The first-order chi connectivity index (χ1) is 23.0. The maximum Gasteiger partial charge on any atom is 0.324 e. The van der Waals surface area contributed by atoms with E-state index >= 15 is 0 Å². The third kappa shape index (κ3) is 8.08. The van der Waals surface area contributed by atoms with Gasteiger partial charge in [0.15, 0.2) is 11.5 Å². The number of para-hydroxylation sites is 1. The lowest BCUT2D eigenvalue weighted by atomic mass is 10.1. The van der Waals surface area contributed by atoms with E-state index in [1.54, 1.807) is 6.07 Å². The SMILES string of the molecule is CC(C)(C(=O)O)N1CCOCCOCCOc2c(CNCC3COC3)cccc2NC(=O)c2nc(cnc2N)-c2ccc(cc2)S1(=O)=O. The molecule has 258 valence electrons. The van der Waals surface area contributed by atoms with Gasteiger partial charge in [-0.1, -0.05) is 24.3 Å². The van der Waals surface area contributed by atoms with Gasteiger partial charge in [-0.25, -0.2) is 18.4 Å². The minimum absolute atomic E-state index is 0.0614. The van der Waals surface area contributed by atoms with Gasteiger partial charge in [-0.2, -0.15) is 4.31 Å². The Morgan fingerprint density at radius 3 is 2.46 bits per heavy atom. The summed E-state index contributed by atoms with van der Waals surface area (Å²) < 4.78 is 51.0. The second kappa shape index (κ2) is 15.4. The van der Waals surface area contributed by atoms with Gasteiger partial charge in [0, 0.05) is 36.7 Å². The third-order valence-corrected chi connectivity index (χ3v) is 10.1. The fraction of sp³-hybridized carbons (Fsp3) is 0.438. The zero-order valence-corrected chi connectivity index (χ0v) is 27.6. The summed E-state index contributed by atoms with van der Waals surface area (Å²) in [5.41, 5.74) is 6.13. The van der Waals surface area contributed by atoms with Gasteiger partial charge >= 0.3 is 5.97 Å². The summed E-state index contributed by atoms with van der Waals surface area (Å²) in [6, 6.07) is 11.1. The molecule has 0 atom stereocenters. The van der Waals surface area contributed by atoms with Crippen LogP contribution in [0.5, 0.6) is 5.75 Å². The van der Waals surface area contributed by atoms with Crippen LogP contribution in [0, 0.1) is 5.92 Å². The number of ether oxygens (including phenoxy) is 4. The monoisotopic (exact) mass is 684 g/mol. The van der Waals surface area contributed by atoms with Gasteiger partial charge < -0.3 is 40.4 Å². The Hall–Kier alpha value is -4.19. The van der Waals surface area contributed by atoms with Crippen LogP contribution in [0.4, 0.5) is 11.5 Å². The van der Waals surface area contributed by atoms with Crippen LogP contribution < -0.4 is 21.1 Å². The van der Waals surface area contributed by atoms with Crippen molar-refractivity contribution in [2.24, 2.45) is 5.92 Å². The number of nitrogens with zero attached hydrogens (tertiary/aromatic N) is 3. The molecule has 0 unspecified atom stereocenters. The smallest absolute Gasteiger partial charge is 0.324 e. The fourth-order valence-electron chi connectivity index (χ4n) is 5.10. The number of benzene rings is 2. The number of nitrogens with two attached hydrogens (primary N) is 1. The molecule has 6 rings (SSSR count). The average molecular weight is 685 g/mol. The summed E-state index contributed by atoms with van der Waals surface area (Å²) in [6.45, 7) is 5.73. The first-order valence-corrected chi connectivity index (χ1v) is 16.9. The van der Waals surface area contributed by atoms with E-state index in [4.69, 9.17) is 24.7 Å². The van der Waals surface area contributed by atoms with Crippen LogP contribution in [-0.4, -0.2) is 105 Å². The molecule has 16 heteroatoms. The number of amides is 1. The number of rotatable bonds is 6. The number of nitrogen functional groups attached to an aromatic ring is 1. The normalized spacial score (nSPS) is 18.3. The molecule has 0 radical (unpaired) electrons. The molecule has 0 saturated carbocycles. The number of aromatic nitrogens is 2. The summed E-state index contributed by atoms with van der Waals surface area (Å²) in [4.78, 5) is 34.1. The molecule has 1 saturated heterocycles. The number of aliphatic carboxylic acids is 1. The number of hydrogen-bond acceptors (Lipinski definition) is 12. The molecule has 3 aromatic rings. The molecule has 48 heavy (non-hydrogen) atoms. The summed E-state index contributed by atoms with van der Waals surface area (Å²) in [5, 5.41) is 16.1. The van der Waals surface area contributed by atoms with E-state index in [0.29, 0.717) is 29.5 Å². The van der Waals surface area contributed by atoms with Crippen molar-refractivity contribution in [1.82, 2.24) is 19.6 Å². The van der Waals surface area contributed by atoms with Crippen molar-refractivity contribution in [2.45, 2.75) is 30.8 Å². The van der Waals surface area contributed by atoms with Gasteiger partial charge in [-0.05, 0) is 32.0 Å². The predicted octanol–water partition coefficient (Wildman–Crippen LogP) is 1.99. The quantitative estimate of drug-likeness (QED) is 0.275. The molecule has 4 heterocycles. The van der Waals surface area contributed by atoms with Crippen molar-refractivity contribution < 1.29 is 42.1 Å². The van der Waals surface area contributed by atoms with E-state index in [2.05, 4.69) is 20.6 Å². The van der Waals surface area contributed by atoms with Crippen molar-refractivity contribution in [1.29, 1.82) is 0 Å². The Balaban J connectivity index is 1.45. The van der Waals surface area contributed by atoms with Gasteiger partial charge in [0.25, 0.3) is 5.91 Å². The van der Waals surface area contributed by atoms with Crippen LogP contribution >= 0.6 is 0 Å². The highest BCUT2D eigenvalue weighted by molar-refractivity contribution is 7.89. The van der Waals surface area contributed by atoms with Gasteiger partial charge in [-0.15, -0.1) is 0 Å². The van der Waals surface area contributed by atoms with E-state index in [-0.39, 0.29) is 61.7 Å². The molecule has 5 N–H and O–H groups in total. The first kappa shape index (κ1) is 35.1. The van der Waals surface area contributed by atoms with Crippen molar-refractivity contribution in [2.75, 3.05) is 70.4 Å². The highest BCUT2D eigenvalue weighted by Crippen LogP contribution is 2.31. The van der Waals surface area contributed by atoms with Crippen molar-refractivity contribution in [3.05, 3.63) is 59.9 Å². The maximum atomic E-state index is 13.7. The highest BCUT2D eigenvalue weighted by atomic mass is 32.2. The zero-order valence-electron chi connectivity index (χ0n) is 26.8. The molecule has 1 aromatic heterocycles. The topological polar surface area (TPSA) is 205 Å². The number of carbonyl (C=O) groups is 2. The number of nitrogens with one attached hydrogen (secondary N) is 2. The number of anilines is 2. The van der Waals surface area contributed by atoms with Crippen molar-refractivity contribution in [3.63, 3.8) is 0 Å². The van der Waals surface area contributed by atoms with Crippen LogP contribution in [0.3, 0.4) is 0 Å². The lowest BCUT2D eigenvalue weighted by molar-refractivity contribution is -0.146. The summed E-state index contributed by atoms with van der Waals surface area (Å²) in [6.07, 6.45) is 1.37. The van der Waals surface area contributed by atoms with Crippen LogP contribution in [0.2, 0.25) is 0 Å². The minimum atomic E-state index is -4.28. The zero-order chi connectivity index (χ0) is 34.3. The molecule has 4 bridgehead atoms. The Morgan fingerprint density at radius 2 is 1.77 bits per heavy atom. The van der Waals surface area contributed by atoms with Gasteiger partial charge in [0.1, 0.15) is 17.9 Å². The molecule has 0 spiro atoms. The molecule has 1 fully saturated rings. The van der Waals surface area contributed by atoms with E-state index in [1.807, 2.05) is 12.1 Å². The fourth-order valence-corrected chi connectivity index (χ4v) is 6.82. The van der Waals surface area contributed by atoms with Gasteiger partial charge in [0.2, 0.25) is 10.0 Å². The average Bonchev–Trinajstić information content (AvgIpc) is 3.03. The number of carboxylic acids is 1. The van der Waals surface area contributed by atoms with E-state index < -0.39 is 27.4 Å². The Labute approximate surface area is 278 Å². The molecule has 1 amide bonds. The maximum absolute atomic E-state index is 13.7. The van der Waals surface area contributed by atoms with E-state index in [0.717, 1.165) is 29.6 Å². The number of carboxylic acid groups (broad SMARTS) is 1. The van der Waals surface area contributed by atoms with Gasteiger partial charge in [-0.3, -0.25) is 9.59 Å². The molecular formula is C32H40N6O9S. The van der Waals surface area contributed by atoms with Crippen LogP contribution in [0.25, 0.3) is 11.3 Å². The summed E-state index contributed by atoms with van der Waals surface area (Å²) in [5.74, 6) is -1.13. The molecule has 0 aliphatic carbocycles. The Bertz CT molecular complexity index is 1720. The van der Waals surface area contributed by atoms with Crippen LogP contribution in [0.1, 0.15) is 29.9 Å².